The van der Waals surface area contributed by atoms with Gasteiger partial charge in [0.15, 0.2) is 0 Å². The topological polar surface area (TPSA) is 103 Å². The molecule has 2 aromatic rings. The molecule has 1 fully saturated rings. The third-order valence-electron chi connectivity index (χ3n) is 5.01. The molecule has 30 heavy (non-hydrogen) atoms. The van der Waals surface area contributed by atoms with Gasteiger partial charge in [-0.1, -0.05) is 42.5 Å². The van der Waals surface area contributed by atoms with E-state index in [-0.39, 0.29) is 37.3 Å². The van der Waals surface area contributed by atoms with E-state index in [0.717, 1.165) is 16.9 Å². The maximum atomic E-state index is 12.4. The van der Waals surface area contributed by atoms with Crippen molar-refractivity contribution in [1.82, 2.24) is 10.6 Å². The highest BCUT2D eigenvalue weighted by Crippen LogP contribution is 2.33. The molecule has 0 bridgehead atoms. The van der Waals surface area contributed by atoms with Gasteiger partial charge >= 0.3 is 0 Å². The van der Waals surface area contributed by atoms with E-state index >= 15 is 0 Å². The highest BCUT2D eigenvalue weighted by molar-refractivity contribution is 5.86. The van der Waals surface area contributed by atoms with Gasteiger partial charge in [-0.05, 0) is 36.1 Å². The molecular formula is C22H28ClN3O4. The number of amides is 2. The summed E-state index contributed by atoms with van der Waals surface area (Å²) in [4.78, 5) is 23.7. The average Bonchev–Trinajstić information content (AvgIpc) is 2.77. The number of halogens is 1. The Hall–Kier alpha value is -2.61. The Bertz CT molecular complexity index is 809. The quantitative estimate of drug-likeness (QED) is 0.590. The van der Waals surface area contributed by atoms with Crippen molar-refractivity contribution in [3.63, 3.8) is 0 Å². The van der Waals surface area contributed by atoms with E-state index in [0.29, 0.717) is 32.7 Å². The van der Waals surface area contributed by atoms with Gasteiger partial charge in [0.1, 0.15) is 12.4 Å². The molecule has 0 aliphatic carbocycles. The fourth-order valence-electron chi connectivity index (χ4n) is 3.38. The fourth-order valence-corrected chi connectivity index (χ4v) is 3.38. The molecule has 2 amide bonds. The van der Waals surface area contributed by atoms with Gasteiger partial charge in [-0.15, -0.1) is 12.4 Å². The van der Waals surface area contributed by atoms with Gasteiger partial charge in [-0.2, -0.15) is 0 Å². The van der Waals surface area contributed by atoms with Crippen molar-refractivity contribution in [3.05, 3.63) is 65.7 Å². The van der Waals surface area contributed by atoms with Crippen LogP contribution < -0.4 is 21.1 Å². The summed E-state index contributed by atoms with van der Waals surface area (Å²) >= 11 is 0. The number of benzene rings is 2. The fraction of sp³-hybridized carbons (Fsp3) is 0.364. The predicted molar refractivity (Wildman–Crippen MR) is 116 cm³/mol. The SMILES string of the molecule is Cl.NCC(=O)NCC(=O)NC1(c2ccc(OCc3ccccc3)cc2)CCOCC1. The molecule has 4 N–H and O–H groups in total. The minimum absolute atomic E-state index is 0. The van der Waals surface area contributed by atoms with Crippen molar-refractivity contribution >= 4 is 24.2 Å². The average molecular weight is 434 g/mol. The predicted octanol–water partition coefficient (Wildman–Crippen LogP) is 1.88. The van der Waals surface area contributed by atoms with Gasteiger partial charge < -0.3 is 25.8 Å². The Morgan fingerprint density at radius 2 is 1.67 bits per heavy atom. The summed E-state index contributed by atoms with van der Waals surface area (Å²) in [5.41, 5.74) is 6.83. The van der Waals surface area contributed by atoms with Crippen LogP contribution in [0.1, 0.15) is 24.0 Å². The highest BCUT2D eigenvalue weighted by atomic mass is 35.5. The molecule has 0 atom stereocenters. The number of rotatable bonds is 8. The Morgan fingerprint density at radius 3 is 2.30 bits per heavy atom. The van der Waals surface area contributed by atoms with E-state index in [1.165, 1.54) is 0 Å². The van der Waals surface area contributed by atoms with E-state index in [1.807, 2.05) is 54.6 Å². The molecule has 0 radical (unpaired) electrons. The molecule has 3 rings (SSSR count). The number of carbonyl (C=O) groups excluding carboxylic acids is 2. The summed E-state index contributed by atoms with van der Waals surface area (Å²) in [5, 5.41) is 5.59. The van der Waals surface area contributed by atoms with Crippen LogP contribution in [0.4, 0.5) is 0 Å². The van der Waals surface area contributed by atoms with Crippen LogP contribution in [0.15, 0.2) is 54.6 Å². The van der Waals surface area contributed by atoms with Crippen LogP contribution in [0.2, 0.25) is 0 Å². The lowest BCUT2D eigenvalue weighted by Gasteiger charge is -2.38. The number of hydrogen-bond acceptors (Lipinski definition) is 5. The van der Waals surface area contributed by atoms with Crippen molar-refractivity contribution in [3.8, 4) is 5.75 Å². The first-order valence-electron chi connectivity index (χ1n) is 9.74. The second-order valence-electron chi connectivity index (χ2n) is 7.02. The number of hydrogen-bond donors (Lipinski definition) is 3. The molecule has 8 heteroatoms. The van der Waals surface area contributed by atoms with E-state index in [4.69, 9.17) is 15.2 Å². The molecule has 0 aromatic heterocycles. The minimum atomic E-state index is -0.527. The molecule has 0 saturated carbocycles. The molecule has 0 spiro atoms. The van der Waals surface area contributed by atoms with Crippen molar-refractivity contribution in [2.45, 2.75) is 25.0 Å². The molecule has 162 valence electrons. The van der Waals surface area contributed by atoms with Gasteiger partial charge in [0, 0.05) is 13.2 Å². The maximum Gasteiger partial charge on any atom is 0.240 e. The number of carbonyl (C=O) groups is 2. The first-order valence-corrected chi connectivity index (χ1v) is 9.74. The third kappa shape index (κ3) is 6.45. The second kappa shape index (κ2) is 11.5. The Morgan fingerprint density at radius 1 is 1.00 bits per heavy atom. The van der Waals surface area contributed by atoms with Crippen LogP contribution in [0.5, 0.6) is 5.75 Å². The first kappa shape index (κ1) is 23.7. The smallest absolute Gasteiger partial charge is 0.240 e. The summed E-state index contributed by atoms with van der Waals surface area (Å²) in [6.45, 7) is 1.37. The zero-order valence-electron chi connectivity index (χ0n) is 16.8. The zero-order valence-corrected chi connectivity index (χ0v) is 17.6. The molecule has 7 nitrogen and oxygen atoms in total. The van der Waals surface area contributed by atoms with Crippen LogP contribution in [-0.2, 0) is 26.5 Å². The minimum Gasteiger partial charge on any atom is -0.489 e. The number of nitrogens with two attached hydrogens (primary N) is 1. The molecule has 0 unspecified atom stereocenters. The van der Waals surface area contributed by atoms with Crippen LogP contribution in [0.3, 0.4) is 0 Å². The van der Waals surface area contributed by atoms with E-state index < -0.39 is 5.54 Å². The van der Waals surface area contributed by atoms with Crippen LogP contribution >= 0.6 is 12.4 Å². The summed E-state index contributed by atoms with van der Waals surface area (Å²) in [6, 6.07) is 17.8. The van der Waals surface area contributed by atoms with Crippen molar-refractivity contribution < 1.29 is 19.1 Å². The zero-order chi connectivity index (χ0) is 20.5. The Balaban J connectivity index is 0.00000320. The molecule has 1 aliphatic heterocycles. The molecule has 1 aliphatic rings. The summed E-state index contributed by atoms with van der Waals surface area (Å²) < 4.78 is 11.3. The molecule has 2 aromatic carbocycles. The van der Waals surface area contributed by atoms with E-state index in [1.54, 1.807) is 0 Å². The first-order chi connectivity index (χ1) is 14.1. The molecule has 1 heterocycles. The van der Waals surface area contributed by atoms with E-state index in [9.17, 15) is 9.59 Å². The third-order valence-corrected chi connectivity index (χ3v) is 5.01. The Labute approximate surface area is 182 Å². The molecule has 1 saturated heterocycles. The lowest BCUT2D eigenvalue weighted by molar-refractivity contribution is -0.127. The van der Waals surface area contributed by atoms with Crippen molar-refractivity contribution in [2.75, 3.05) is 26.3 Å². The summed E-state index contributed by atoms with van der Waals surface area (Å²) in [5.74, 6) is 0.153. The van der Waals surface area contributed by atoms with Crippen LogP contribution in [0, 0.1) is 0 Å². The molecular weight excluding hydrogens is 406 g/mol. The summed E-state index contributed by atoms with van der Waals surface area (Å²) in [7, 11) is 0. The van der Waals surface area contributed by atoms with Gasteiger partial charge in [0.05, 0.1) is 18.6 Å². The largest absolute Gasteiger partial charge is 0.489 e. The van der Waals surface area contributed by atoms with Gasteiger partial charge in [0.25, 0.3) is 0 Å². The second-order valence-corrected chi connectivity index (χ2v) is 7.02. The Kier molecular flexibility index (Phi) is 9.11. The van der Waals surface area contributed by atoms with Gasteiger partial charge in [-0.25, -0.2) is 0 Å². The van der Waals surface area contributed by atoms with Gasteiger partial charge in [-0.3, -0.25) is 9.59 Å². The maximum absolute atomic E-state index is 12.4. The standard InChI is InChI=1S/C22H27N3O4.ClH/c23-14-20(26)24-15-21(27)25-22(10-12-28-13-11-22)18-6-8-19(9-7-18)29-16-17-4-2-1-3-5-17;/h1-9H,10-16,23H2,(H,24,26)(H,25,27);1H. The van der Waals surface area contributed by atoms with Crippen molar-refractivity contribution in [2.24, 2.45) is 5.73 Å². The van der Waals surface area contributed by atoms with Crippen LogP contribution in [-0.4, -0.2) is 38.1 Å². The van der Waals surface area contributed by atoms with E-state index in [2.05, 4.69) is 10.6 Å². The van der Waals surface area contributed by atoms with Crippen LogP contribution in [0.25, 0.3) is 0 Å². The van der Waals surface area contributed by atoms with Gasteiger partial charge in [0.2, 0.25) is 11.8 Å². The lowest BCUT2D eigenvalue weighted by atomic mass is 9.82. The highest BCUT2D eigenvalue weighted by Gasteiger charge is 2.36. The number of nitrogens with one attached hydrogen (secondary N) is 2. The number of ether oxygens (including phenoxy) is 2. The van der Waals surface area contributed by atoms with Crippen molar-refractivity contribution in [1.29, 1.82) is 0 Å². The normalized spacial score (nSPS) is 14.8. The monoisotopic (exact) mass is 433 g/mol. The summed E-state index contributed by atoms with van der Waals surface area (Å²) in [6.07, 6.45) is 1.32. The lowest BCUT2D eigenvalue weighted by Crippen LogP contribution is -2.52.